The van der Waals surface area contributed by atoms with E-state index in [0.29, 0.717) is 32.2 Å². The van der Waals surface area contributed by atoms with Crippen molar-refractivity contribution in [3.63, 3.8) is 0 Å². The SMILES string of the molecule is CC[C@@H]1OC2(CCNCC2)O[C@@](C)([C@@H](C)C(C)(C)C)C[C@@H](C)CN(C)[C@H](C)[C@@H](O)[C@](C)(O)[C@@H](CC)OC(=O)[C@@H]1C. The van der Waals surface area contributed by atoms with Gasteiger partial charge in [0.2, 0.25) is 0 Å². The molecule has 1 spiro atoms. The van der Waals surface area contributed by atoms with Crippen LogP contribution in [-0.2, 0) is 19.0 Å². The van der Waals surface area contributed by atoms with E-state index < -0.39 is 47.2 Å². The number of hydrogen-bond acceptors (Lipinski definition) is 8. The highest BCUT2D eigenvalue weighted by Crippen LogP contribution is 2.45. The summed E-state index contributed by atoms with van der Waals surface area (Å²) in [6.07, 6.45) is 0.822. The second kappa shape index (κ2) is 13.7. The predicted molar refractivity (Wildman–Crippen MR) is 160 cm³/mol. The number of carbonyl (C=O) groups is 1. The molecule has 2 rings (SSSR count). The van der Waals surface area contributed by atoms with Crippen LogP contribution in [-0.4, -0.2) is 89.1 Å². The molecule has 0 amide bonds. The van der Waals surface area contributed by atoms with E-state index in [4.69, 9.17) is 14.2 Å². The molecule has 2 aliphatic heterocycles. The highest BCUT2D eigenvalue weighted by atomic mass is 16.7. The van der Waals surface area contributed by atoms with Crippen LogP contribution in [0.15, 0.2) is 0 Å². The largest absolute Gasteiger partial charge is 0.459 e. The third-order valence-electron chi connectivity index (χ3n) is 10.1. The number of nitrogens with zero attached hydrogens (tertiary/aromatic N) is 1. The van der Waals surface area contributed by atoms with Crippen molar-refractivity contribution < 1.29 is 29.2 Å². The third kappa shape index (κ3) is 8.19. The molecule has 0 radical (unpaired) electrons. The van der Waals surface area contributed by atoms with Gasteiger partial charge in [-0.05, 0) is 71.3 Å². The van der Waals surface area contributed by atoms with E-state index in [2.05, 4.69) is 51.8 Å². The molecule has 2 heterocycles. The van der Waals surface area contributed by atoms with Gasteiger partial charge in [-0.15, -0.1) is 0 Å². The van der Waals surface area contributed by atoms with Crippen LogP contribution in [0.5, 0.6) is 0 Å². The second-order valence-electron chi connectivity index (χ2n) is 14.5. The first kappa shape index (κ1) is 35.4. The summed E-state index contributed by atoms with van der Waals surface area (Å²) in [6.45, 7) is 25.0. The fourth-order valence-corrected chi connectivity index (χ4v) is 6.86. The van der Waals surface area contributed by atoms with Crippen LogP contribution in [0.1, 0.15) is 108 Å². The lowest BCUT2D eigenvalue weighted by Crippen LogP contribution is -2.60. The minimum Gasteiger partial charge on any atom is -0.459 e. The smallest absolute Gasteiger partial charge is 0.311 e. The Kier molecular flexibility index (Phi) is 12.1. The zero-order valence-corrected chi connectivity index (χ0v) is 27.7. The minimum absolute atomic E-state index is 0.00603. The summed E-state index contributed by atoms with van der Waals surface area (Å²) < 4.78 is 20.1. The normalized spacial score (nSPS) is 40.5. The van der Waals surface area contributed by atoms with Gasteiger partial charge in [-0.3, -0.25) is 4.79 Å². The Balaban J connectivity index is 2.62. The Hall–Kier alpha value is -0.770. The van der Waals surface area contributed by atoms with Gasteiger partial charge in [0.1, 0.15) is 17.8 Å². The molecule has 3 N–H and O–H groups in total. The zero-order valence-electron chi connectivity index (χ0n) is 27.7. The predicted octanol–water partition coefficient (Wildman–Crippen LogP) is 4.75. The fraction of sp³-hybridized carbons (Fsp3) is 0.969. The van der Waals surface area contributed by atoms with E-state index in [1.54, 1.807) is 6.92 Å². The first-order valence-electron chi connectivity index (χ1n) is 15.7. The van der Waals surface area contributed by atoms with Crippen molar-refractivity contribution in [2.45, 2.75) is 150 Å². The van der Waals surface area contributed by atoms with Gasteiger partial charge >= 0.3 is 5.97 Å². The van der Waals surface area contributed by atoms with Crippen molar-refractivity contribution in [3.8, 4) is 0 Å². The molecule has 2 fully saturated rings. The highest BCUT2D eigenvalue weighted by molar-refractivity contribution is 5.73. The summed E-state index contributed by atoms with van der Waals surface area (Å²) in [5.74, 6) is -1.37. The number of carbonyl (C=O) groups excluding carboxylic acids is 1. The summed E-state index contributed by atoms with van der Waals surface area (Å²) in [4.78, 5) is 15.6. The minimum atomic E-state index is -1.62. The zero-order chi connectivity index (χ0) is 30.7. The van der Waals surface area contributed by atoms with Crippen molar-refractivity contribution in [2.75, 3.05) is 26.7 Å². The van der Waals surface area contributed by atoms with Crippen molar-refractivity contribution >= 4 is 5.97 Å². The van der Waals surface area contributed by atoms with E-state index in [0.717, 1.165) is 19.5 Å². The molecule has 0 bridgehead atoms. The third-order valence-corrected chi connectivity index (χ3v) is 10.1. The number of cyclic esters (lactones) is 1. The lowest BCUT2D eigenvalue weighted by atomic mass is 9.69. The lowest BCUT2D eigenvalue weighted by molar-refractivity contribution is -0.332. The number of aliphatic hydroxyl groups is 2. The molecule has 0 aromatic carbocycles. The maximum Gasteiger partial charge on any atom is 0.311 e. The highest BCUT2D eigenvalue weighted by Gasteiger charge is 2.50. The summed E-state index contributed by atoms with van der Waals surface area (Å²) in [5, 5.41) is 26.3. The summed E-state index contributed by atoms with van der Waals surface area (Å²) in [5.41, 5.74) is -2.13. The molecular weight excluding hydrogens is 508 g/mol. The molecule has 236 valence electrons. The van der Waals surface area contributed by atoms with Gasteiger partial charge in [-0.25, -0.2) is 0 Å². The Bertz CT molecular complexity index is 808. The van der Waals surface area contributed by atoms with Crippen molar-refractivity contribution in [1.82, 2.24) is 10.2 Å². The molecule has 9 atom stereocenters. The summed E-state index contributed by atoms with van der Waals surface area (Å²) >= 11 is 0. The Labute approximate surface area is 244 Å². The maximum atomic E-state index is 13.5. The molecule has 0 unspecified atom stereocenters. The molecule has 2 aliphatic rings. The van der Waals surface area contributed by atoms with Gasteiger partial charge < -0.3 is 34.6 Å². The lowest BCUT2D eigenvalue weighted by Gasteiger charge is -2.52. The van der Waals surface area contributed by atoms with E-state index in [-0.39, 0.29) is 23.3 Å². The topological polar surface area (TPSA) is 100 Å². The molecule has 40 heavy (non-hydrogen) atoms. The van der Waals surface area contributed by atoms with E-state index >= 15 is 0 Å². The number of piperidine rings is 1. The number of hydrogen-bond donors (Lipinski definition) is 3. The number of aliphatic hydroxyl groups excluding tert-OH is 1. The average Bonchev–Trinajstić information content (AvgIpc) is 2.87. The number of ether oxygens (including phenoxy) is 3. The first-order valence-corrected chi connectivity index (χ1v) is 15.7. The first-order chi connectivity index (χ1) is 18.3. The van der Waals surface area contributed by atoms with Crippen LogP contribution < -0.4 is 5.32 Å². The standard InChI is InChI=1S/C32H62N2O6/c1-13-25-22(4)28(36)38-26(14-2)31(11,37)27(35)23(5)34(12)20-21(3)19-30(10,24(6)29(7,8)9)40-32(39-25)15-17-33-18-16-32/h21-27,33,35,37H,13-20H2,1-12H3/t21-,22-,23-,24+,25+,26-,27-,30-,31-/m1/s1. The molecule has 0 aliphatic carbocycles. The Morgan fingerprint density at radius 3 is 2.17 bits per heavy atom. The van der Waals surface area contributed by atoms with Crippen LogP contribution in [0.3, 0.4) is 0 Å². The molecular formula is C32H62N2O6. The summed E-state index contributed by atoms with van der Waals surface area (Å²) in [7, 11) is 1.98. The number of esters is 1. The number of nitrogens with one attached hydrogen (secondary N) is 1. The van der Waals surface area contributed by atoms with Crippen LogP contribution in [0.4, 0.5) is 0 Å². The molecule has 0 saturated carbocycles. The van der Waals surface area contributed by atoms with E-state index in [1.165, 1.54) is 0 Å². The van der Waals surface area contributed by atoms with Gasteiger partial charge in [0.25, 0.3) is 0 Å². The van der Waals surface area contributed by atoms with Crippen molar-refractivity contribution in [2.24, 2.45) is 23.2 Å². The monoisotopic (exact) mass is 570 g/mol. The van der Waals surface area contributed by atoms with E-state index in [1.807, 2.05) is 34.7 Å². The van der Waals surface area contributed by atoms with E-state index in [9.17, 15) is 15.0 Å². The van der Waals surface area contributed by atoms with Crippen LogP contribution in [0, 0.1) is 23.2 Å². The molecule has 0 aromatic rings. The van der Waals surface area contributed by atoms with Gasteiger partial charge in [0.05, 0.1) is 17.6 Å². The Morgan fingerprint density at radius 1 is 1.10 bits per heavy atom. The van der Waals surface area contributed by atoms with Crippen LogP contribution >= 0.6 is 0 Å². The number of likely N-dealkylation sites (N-methyl/N-ethyl adjacent to an activating group) is 1. The van der Waals surface area contributed by atoms with Crippen molar-refractivity contribution in [1.29, 1.82) is 0 Å². The van der Waals surface area contributed by atoms with Gasteiger partial charge in [-0.1, -0.05) is 48.5 Å². The van der Waals surface area contributed by atoms with Crippen LogP contribution in [0.2, 0.25) is 0 Å². The van der Waals surface area contributed by atoms with Crippen molar-refractivity contribution in [3.05, 3.63) is 0 Å². The molecule has 8 heteroatoms. The Morgan fingerprint density at radius 2 is 1.68 bits per heavy atom. The summed E-state index contributed by atoms with van der Waals surface area (Å²) in [6, 6.07) is -0.356. The van der Waals surface area contributed by atoms with Crippen LogP contribution in [0.25, 0.3) is 0 Å². The molecule has 0 aromatic heterocycles. The fourth-order valence-electron chi connectivity index (χ4n) is 6.86. The quantitative estimate of drug-likeness (QED) is 0.418. The maximum absolute atomic E-state index is 13.5. The van der Waals surface area contributed by atoms with Gasteiger partial charge in [0, 0.05) is 38.5 Å². The molecule has 8 nitrogen and oxygen atoms in total. The van der Waals surface area contributed by atoms with Gasteiger partial charge in [0.15, 0.2) is 5.79 Å². The average molecular weight is 571 g/mol. The second-order valence-corrected chi connectivity index (χ2v) is 14.5. The number of rotatable bonds is 3. The van der Waals surface area contributed by atoms with Gasteiger partial charge in [-0.2, -0.15) is 0 Å². The molecule has 2 saturated heterocycles.